The zero-order chi connectivity index (χ0) is 24.8. The van der Waals surface area contributed by atoms with Crippen LogP contribution >= 0.6 is 7.82 Å². The number of hydrogen-bond donors (Lipinski definition) is 2. The van der Waals surface area contributed by atoms with Gasteiger partial charge in [-0.15, -0.1) is 0 Å². The van der Waals surface area contributed by atoms with Gasteiger partial charge in [0.2, 0.25) is 0 Å². The van der Waals surface area contributed by atoms with Crippen LogP contribution in [0, 0.1) is 0 Å². The molecule has 33 heavy (non-hydrogen) atoms. The molecule has 0 radical (unpaired) electrons. The van der Waals surface area contributed by atoms with Crippen LogP contribution in [-0.2, 0) is 32.7 Å². The first-order valence-electron chi connectivity index (χ1n) is 12.6. The van der Waals surface area contributed by atoms with Gasteiger partial charge in [0.05, 0.1) is 13.2 Å². The molecule has 4 N–H and O–H groups in total. The summed E-state index contributed by atoms with van der Waals surface area (Å²) in [5.74, 6) is -0.834. The summed E-state index contributed by atoms with van der Waals surface area (Å²) in [6.45, 7) is 3.93. The van der Waals surface area contributed by atoms with Crippen LogP contribution in [0.15, 0.2) is 0 Å². The third kappa shape index (κ3) is 21.3. The maximum atomic E-state index is 12.2. The van der Waals surface area contributed by atoms with Crippen molar-refractivity contribution >= 4 is 19.8 Å². The lowest BCUT2D eigenvalue weighted by Gasteiger charge is -2.19. The molecule has 0 amide bonds. The largest absolute Gasteiger partial charge is 0.472 e. The van der Waals surface area contributed by atoms with Gasteiger partial charge in [0.25, 0.3) is 0 Å². The Morgan fingerprint density at radius 1 is 0.788 bits per heavy atom. The highest BCUT2D eigenvalue weighted by Gasteiger charge is 2.26. The summed E-state index contributed by atoms with van der Waals surface area (Å²) in [6.07, 6.45) is 12.1. The van der Waals surface area contributed by atoms with Gasteiger partial charge in [0, 0.05) is 12.8 Å². The van der Waals surface area contributed by atoms with Crippen molar-refractivity contribution in [2.45, 2.75) is 110 Å². The van der Waals surface area contributed by atoms with Gasteiger partial charge in [-0.05, 0) is 12.8 Å². The molecule has 10 heteroatoms. The molecule has 0 aromatic rings. The molecule has 9 nitrogen and oxygen atoms in total. The van der Waals surface area contributed by atoms with E-state index in [0.29, 0.717) is 13.0 Å². The third-order valence-electron chi connectivity index (χ3n) is 5.02. The van der Waals surface area contributed by atoms with Gasteiger partial charge in [-0.25, -0.2) is 4.57 Å². The first-order chi connectivity index (χ1) is 15.8. The quantitative estimate of drug-likeness (QED) is 0.121. The fourth-order valence-corrected chi connectivity index (χ4v) is 3.90. The average molecular weight is 497 g/mol. The second-order valence-corrected chi connectivity index (χ2v) is 9.74. The van der Waals surface area contributed by atoms with Crippen molar-refractivity contribution in [1.82, 2.24) is 0 Å². The van der Waals surface area contributed by atoms with Gasteiger partial charge >= 0.3 is 19.8 Å². The van der Waals surface area contributed by atoms with E-state index in [9.17, 15) is 19.0 Å². The maximum absolute atomic E-state index is 12.2. The zero-order valence-electron chi connectivity index (χ0n) is 20.8. The van der Waals surface area contributed by atoms with Crippen molar-refractivity contribution in [3.05, 3.63) is 0 Å². The van der Waals surface area contributed by atoms with Gasteiger partial charge in [0.1, 0.15) is 13.2 Å². The number of esters is 2. The number of quaternary nitrogens is 1. The molecule has 0 saturated carbocycles. The molecule has 0 bridgehead atoms. The molecule has 1 unspecified atom stereocenters. The van der Waals surface area contributed by atoms with E-state index in [1.165, 1.54) is 19.3 Å². The highest BCUT2D eigenvalue weighted by molar-refractivity contribution is 7.47. The summed E-state index contributed by atoms with van der Waals surface area (Å²) in [5.41, 5.74) is 3.53. The summed E-state index contributed by atoms with van der Waals surface area (Å²) in [7, 11) is -4.29. The molecule has 0 aliphatic heterocycles. The molecule has 0 rings (SSSR count). The van der Waals surface area contributed by atoms with Gasteiger partial charge in [-0.2, -0.15) is 0 Å². The second kappa shape index (κ2) is 21.5. The molecule has 196 valence electrons. The number of phosphoric ester groups is 1. The fraction of sp³-hybridized carbons (Fsp3) is 0.913. The monoisotopic (exact) mass is 496 g/mol. The lowest BCUT2D eigenvalue weighted by atomic mass is 10.1. The lowest BCUT2D eigenvalue weighted by Crippen LogP contribution is -2.52. The molecule has 2 atom stereocenters. The standard InChI is InChI=1S/C23H46NO8P/c1-3-5-7-9-10-12-14-16-23(26)32-21(20-31-33(27,28)30-18-17-24)19-29-22(25)15-13-11-8-6-4-2/h21H,3-20,24H2,1-2H3,(H,27,28)/p+1/t21-/m1/s1. The molecule has 0 saturated heterocycles. The van der Waals surface area contributed by atoms with Gasteiger partial charge < -0.3 is 20.1 Å². The first kappa shape index (κ1) is 32.0. The van der Waals surface area contributed by atoms with Crippen LogP contribution in [0.4, 0.5) is 0 Å². The molecule has 0 heterocycles. The number of hydrogen-bond acceptors (Lipinski definition) is 7. The van der Waals surface area contributed by atoms with E-state index >= 15 is 0 Å². The van der Waals surface area contributed by atoms with Crippen molar-refractivity contribution < 1.29 is 43.3 Å². The summed E-state index contributed by atoms with van der Waals surface area (Å²) in [6, 6.07) is 0. The van der Waals surface area contributed by atoms with Gasteiger partial charge in [-0.1, -0.05) is 78.1 Å². The minimum absolute atomic E-state index is 0.0382. The predicted molar refractivity (Wildman–Crippen MR) is 126 cm³/mol. The number of phosphoric acid groups is 1. The number of ether oxygens (including phenoxy) is 2. The van der Waals surface area contributed by atoms with Crippen molar-refractivity contribution in [1.29, 1.82) is 0 Å². The Labute approximate surface area is 199 Å². The van der Waals surface area contributed by atoms with Gasteiger partial charge in [-0.3, -0.25) is 18.6 Å². The van der Waals surface area contributed by atoms with E-state index in [-0.39, 0.29) is 32.0 Å². The van der Waals surface area contributed by atoms with Crippen LogP contribution < -0.4 is 5.73 Å². The van der Waals surface area contributed by atoms with Crippen LogP contribution in [0.5, 0.6) is 0 Å². The summed E-state index contributed by atoms with van der Waals surface area (Å²) < 4.78 is 32.1. The molecule has 0 fully saturated rings. The molecule has 0 aliphatic rings. The lowest BCUT2D eigenvalue weighted by molar-refractivity contribution is -0.371. The van der Waals surface area contributed by atoms with Gasteiger partial charge in [0.15, 0.2) is 6.10 Å². The molecular weight excluding hydrogens is 449 g/mol. The Bertz CT molecular complexity index is 547. The van der Waals surface area contributed by atoms with Crippen molar-refractivity contribution in [3.63, 3.8) is 0 Å². The minimum Gasteiger partial charge on any atom is -0.462 e. The normalized spacial score (nSPS) is 13.9. The number of carbonyl (C=O) groups excluding carboxylic acids is 2. The molecule has 0 aromatic carbocycles. The highest BCUT2D eigenvalue weighted by Crippen LogP contribution is 2.43. The minimum atomic E-state index is -4.29. The topological polar surface area (TPSA) is 136 Å². The predicted octanol–water partition coefficient (Wildman–Crippen LogP) is 4.32. The van der Waals surface area contributed by atoms with Crippen molar-refractivity contribution in [2.75, 3.05) is 26.4 Å². The molecular formula is C23H47NO8P+. The maximum Gasteiger partial charge on any atom is 0.472 e. The number of carbonyl (C=O) groups is 2. The smallest absolute Gasteiger partial charge is 0.462 e. The van der Waals surface area contributed by atoms with E-state index in [1.54, 1.807) is 0 Å². The van der Waals surface area contributed by atoms with E-state index in [4.69, 9.17) is 18.5 Å². The van der Waals surface area contributed by atoms with E-state index in [0.717, 1.165) is 51.4 Å². The van der Waals surface area contributed by atoms with Crippen LogP contribution in [0.1, 0.15) is 104 Å². The average Bonchev–Trinajstić information content (AvgIpc) is 2.78. The third-order valence-corrected chi connectivity index (χ3v) is 6.00. The molecule has 0 aliphatic carbocycles. The van der Waals surface area contributed by atoms with Crippen LogP contribution in [-0.4, -0.2) is 49.3 Å². The Balaban J connectivity index is 4.45. The van der Waals surface area contributed by atoms with Crippen LogP contribution in [0.2, 0.25) is 0 Å². The molecule has 0 aromatic heterocycles. The van der Waals surface area contributed by atoms with Crippen LogP contribution in [0.3, 0.4) is 0 Å². The first-order valence-corrected chi connectivity index (χ1v) is 14.1. The summed E-state index contributed by atoms with van der Waals surface area (Å²) in [5, 5.41) is 0. The number of rotatable bonds is 23. The zero-order valence-corrected chi connectivity index (χ0v) is 21.7. The Hall–Kier alpha value is -0.990. The van der Waals surface area contributed by atoms with E-state index < -0.39 is 26.5 Å². The fourth-order valence-electron chi connectivity index (χ4n) is 3.11. The summed E-state index contributed by atoms with van der Waals surface area (Å²) in [4.78, 5) is 33.9. The summed E-state index contributed by atoms with van der Waals surface area (Å²) >= 11 is 0. The number of unbranched alkanes of at least 4 members (excludes halogenated alkanes) is 10. The van der Waals surface area contributed by atoms with E-state index in [2.05, 4.69) is 19.6 Å². The van der Waals surface area contributed by atoms with Crippen LogP contribution in [0.25, 0.3) is 0 Å². The second-order valence-electron chi connectivity index (χ2n) is 8.28. The Morgan fingerprint density at radius 2 is 1.30 bits per heavy atom. The SMILES string of the molecule is CCCCCCCCCC(=O)O[C@H](COC(=O)CCCCCCC)COP(=O)(O)OCC[NH3+]. The highest BCUT2D eigenvalue weighted by atomic mass is 31.2. The Kier molecular flexibility index (Phi) is 20.9. The van der Waals surface area contributed by atoms with E-state index in [1.807, 2.05) is 0 Å². The Morgan fingerprint density at radius 3 is 1.85 bits per heavy atom. The van der Waals surface area contributed by atoms with Crippen molar-refractivity contribution in [3.8, 4) is 0 Å². The van der Waals surface area contributed by atoms with Crippen molar-refractivity contribution in [2.24, 2.45) is 0 Å². The molecule has 0 spiro atoms.